The van der Waals surface area contributed by atoms with E-state index < -0.39 is 0 Å². The van der Waals surface area contributed by atoms with Crippen molar-refractivity contribution in [2.45, 2.75) is 64.6 Å². The van der Waals surface area contributed by atoms with Gasteiger partial charge in [0.05, 0.1) is 0 Å². The monoisotopic (exact) mass is 264 g/mol. The van der Waals surface area contributed by atoms with Gasteiger partial charge < -0.3 is 9.80 Å². The molecule has 4 nitrogen and oxygen atoms in total. The first-order valence-electron chi connectivity index (χ1n) is 7.69. The van der Waals surface area contributed by atoms with E-state index in [2.05, 4.69) is 20.8 Å². The summed E-state index contributed by atoms with van der Waals surface area (Å²) in [6.45, 7) is 7.06. The average Bonchev–Trinajstić information content (AvgIpc) is 2.97. The molecule has 4 heteroatoms. The van der Waals surface area contributed by atoms with Crippen LogP contribution < -0.4 is 0 Å². The van der Waals surface area contributed by atoms with Crippen molar-refractivity contribution in [2.24, 2.45) is 11.8 Å². The third-order valence-electron chi connectivity index (χ3n) is 5.03. The number of fused-ring (bicyclic) bond motifs is 1. The van der Waals surface area contributed by atoms with Crippen LogP contribution in [0.4, 0.5) is 0 Å². The van der Waals surface area contributed by atoms with E-state index in [0.29, 0.717) is 12.0 Å². The Balaban J connectivity index is 1.90. The van der Waals surface area contributed by atoms with Crippen LogP contribution in [-0.2, 0) is 9.59 Å². The fourth-order valence-electron chi connectivity index (χ4n) is 3.87. The van der Waals surface area contributed by atoms with Gasteiger partial charge in [0, 0.05) is 12.6 Å². The van der Waals surface area contributed by atoms with Gasteiger partial charge in [-0.2, -0.15) is 0 Å². The molecule has 0 spiro atoms. The number of carbonyl (C=O) groups is 2. The summed E-state index contributed by atoms with van der Waals surface area (Å²) in [7, 11) is 0. The largest absolute Gasteiger partial charge is 0.329 e. The normalized spacial score (nSPS) is 38.1. The molecule has 0 aromatic heterocycles. The fraction of sp³-hybridized carbons (Fsp3) is 0.867. The van der Waals surface area contributed by atoms with Crippen molar-refractivity contribution < 1.29 is 9.59 Å². The fourth-order valence-corrected chi connectivity index (χ4v) is 3.87. The highest BCUT2D eigenvalue weighted by Gasteiger charge is 2.55. The van der Waals surface area contributed by atoms with Crippen molar-refractivity contribution >= 4 is 11.8 Å². The summed E-state index contributed by atoms with van der Waals surface area (Å²) >= 11 is 0. The predicted octanol–water partition coefficient (Wildman–Crippen LogP) is 1.64. The minimum atomic E-state index is -0.219. The molecular weight excluding hydrogens is 240 g/mol. The summed E-state index contributed by atoms with van der Waals surface area (Å²) in [5, 5.41) is 0. The third-order valence-corrected chi connectivity index (χ3v) is 5.03. The Labute approximate surface area is 115 Å². The maximum absolute atomic E-state index is 12.7. The Morgan fingerprint density at radius 3 is 2.58 bits per heavy atom. The summed E-state index contributed by atoms with van der Waals surface area (Å²) in [4.78, 5) is 29.2. The molecule has 19 heavy (non-hydrogen) atoms. The lowest BCUT2D eigenvalue weighted by atomic mass is 9.95. The summed E-state index contributed by atoms with van der Waals surface area (Å²) in [5.74, 6) is 1.23. The van der Waals surface area contributed by atoms with Crippen LogP contribution in [0.25, 0.3) is 0 Å². The second kappa shape index (κ2) is 4.50. The van der Waals surface area contributed by atoms with Crippen LogP contribution in [0, 0.1) is 11.8 Å². The van der Waals surface area contributed by atoms with E-state index in [1.54, 1.807) is 0 Å². The maximum atomic E-state index is 12.7. The molecule has 0 N–H and O–H groups in total. The number of rotatable bonds is 3. The predicted molar refractivity (Wildman–Crippen MR) is 72.4 cm³/mol. The molecule has 3 rings (SSSR count). The Hall–Kier alpha value is -1.06. The Kier molecular flexibility index (Phi) is 3.06. The summed E-state index contributed by atoms with van der Waals surface area (Å²) in [6, 6.07) is -0.0411. The molecule has 106 valence electrons. The highest BCUT2D eigenvalue weighted by atomic mass is 16.2. The van der Waals surface area contributed by atoms with E-state index in [1.165, 1.54) is 0 Å². The summed E-state index contributed by atoms with van der Waals surface area (Å²) in [6.07, 6.45) is 4.03. The molecule has 0 radical (unpaired) electrons. The first-order valence-corrected chi connectivity index (χ1v) is 7.69. The van der Waals surface area contributed by atoms with Crippen LogP contribution in [0.1, 0.15) is 46.5 Å². The minimum absolute atomic E-state index is 0.152. The molecule has 2 aliphatic heterocycles. The standard InChI is InChI=1S/C15H24N2O2/c1-4-10-8-12(10)17-13(9(2)3)15(19)16-7-5-6-11(16)14(17)18/h9-13H,4-8H2,1-3H3. The van der Waals surface area contributed by atoms with Crippen molar-refractivity contribution in [3.63, 3.8) is 0 Å². The average molecular weight is 264 g/mol. The van der Waals surface area contributed by atoms with Gasteiger partial charge in [-0.15, -0.1) is 0 Å². The number of nitrogens with zero attached hydrogens (tertiary/aromatic N) is 2. The minimum Gasteiger partial charge on any atom is -0.329 e. The molecule has 4 unspecified atom stereocenters. The van der Waals surface area contributed by atoms with Gasteiger partial charge in [-0.1, -0.05) is 27.2 Å². The Morgan fingerprint density at radius 1 is 1.26 bits per heavy atom. The van der Waals surface area contributed by atoms with Gasteiger partial charge in [0.15, 0.2) is 0 Å². The van der Waals surface area contributed by atoms with E-state index in [-0.39, 0.29) is 29.8 Å². The molecule has 0 aromatic carbocycles. The van der Waals surface area contributed by atoms with Gasteiger partial charge in [0.2, 0.25) is 11.8 Å². The van der Waals surface area contributed by atoms with Gasteiger partial charge >= 0.3 is 0 Å². The van der Waals surface area contributed by atoms with E-state index >= 15 is 0 Å². The lowest BCUT2D eigenvalue weighted by Crippen LogP contribution is -2.65. The van der Waals surface area contributed by atoms with Crippen LogP contribution >= 0.6 is 0 Å². The second-order valence-corrected chi connectivity index (χ2v) is 6.60. The molecule has 2 heterocycles. The zero-order valence-electron chi connectivity index (χ0n) is 12.1. The van der Waals surface area contributed by atoms with Crippen LogP contribution in [-0.4, -0.2) is 46.3 Å². The van der Waals surface area contributed by atoms with Crippen molar-refractivity contribution in [3.8, 4) is 0 Å². The molecule has 4 atom stereocenters. The number of hydrogen-bond acceptors (Lipinski definition) is 2. The third kappa shape index (κ3) is 1.87. The molecule has 3 aliphatic rings. The molecule has 2 saturated heterocycles. The van der Waals surface area contributed by atoms with E-state index in [1.807, 2.05) is 9.80 Å². The van der Waals surface area contributed by atoms with Crippen molar-refractivity contribution in [1.82, 2.24) is 9.80 Å². The molecule has 0 aromatic rings. The number of hydrogen-bond donors (Lipinski definition) is 0. The molecule has 0 bridgehead atoms. The number of piperazine rings is 1. The highest BCUT2D eigenvalue weighted by Crippen LogP contribution is 2.43. The topological polar surface area (TPSA) is 40.6 Å². The van der Waals surface area contributed by atoms with Crippen LogP contribution in [0.15, 0.2) is 0 Å². The van der Waals surface area contributed by atoms with Crippen LogP contribution in [0.2, 0.25) is 0 Å². The smallest absolute Gasteiger partial charge is 0.246 e. The van der Waals surface area contributed by atoms with Gasteiger partial charge in [0.25, 0.3) is 0 Å². The number of amides is 2. The molecular formula is C15H24N2O2. The number of carbonyl (C=O) groups excluding carboxylic acids is 2. The second-order valence-electron chi connectivity index (χ2n) is 6.60. The molecule has 2 amide bonds. The maximum Gasteiger partial charge on any atom is 0.246 e. The van der Waals surface area contributed by atoms with Crippen molar-refractivity contribution in [3.05, 3.63) is 0 Å². The molecule has 1 aliphatic carbocycles. The lowest BCUT2D eigenvalue weighted by molar-refractivity contribution is -0.162. The van der Waals surface area contributed by atoms with Crippen LogP contribution in [0.3, 0.4) is 0 Å². The zero-order valence-corrected chi connectivity index (χ0v) is 12.1. The Morgan fingerprint density at radius 2 is 2.00 bits per heavy atom. The van der Waals surface area contributed by atoms with Gasteiger partial charge in [0.1, 0.15) is 12.1 Å². The van der Waals surface area contributed by atoms with Crippen LogP contribution in [0.5, 0.6) is 0 Å². The quantitative estimate of drug-likeness (QED) is 0.777. The van der Waals surface area contributed by atoms with E-state index in [0.717, 1.165) is 32.2 Å². The zero-order chi connectivity index (χ0) is 13.7. The van der Waals surface area contributed by atoms with Gasteiger partial charge in [-0.3, -0.25) is 9.59 Å². The van der Waals surface area contributed by atoms with Gasteiger partial charge in [-0.05, 0) is 31.1 Å². The highest BCUT2D eigenvalue weighted by molar-refractivity contribution is 5.98. The lowest BCUT2D eigenvalue weighted by Gasteiger charge is -2.44. The van der Waals surface area contributed by atoms with Gasteiger partial charge in [-0.25, -0.2) is 0 Å². The molecule has 1 saturated carbocycles. The first-order chi connectivity index (χ1) is 9.06. The first kappa shape index (κ1) is 12.9. The summed E-state index contributed by atoms with van der Waals surface area (Å²) < 4.78 is 0. The summed E-state index contributed by atoms with van der Waals surface area (Å²) in [5.41, 5.74) is 0. The Bertz CT molecular complexity index is 407. The van der Waals surface area contributed by atoms with E-state index in [4.69, 9.17) is 0 Å². The SMILES string of the molecule is CCC1CC1N1C(=O)C2CCCN2C(=O)C1C(C)C. The van der Waals surface area contributed by atoms with Crippen molar-refractivity contribution in [1.29, 1.82) is 0 Å². The molecule has 3 fully saturated rings. The van der Waals surface area contributed by atoms with Crippen molar-refractivity contribution in [2.75, 3.05) is 6.54 Å². The van der Waals surface area contributed by atoms with E-state index in [9.17, 15) is 9.59 Å².